The first-order valence-corrected chi connectivity index (χ1v) is 9.11. The lowest BCUT2D eigenvalue weighted by atomic mass is 9.91. The number of aromatic nitrogens is 1. The Morgan fingerprint density at radius 1 is 1.12 bits per heavy atom. The summed E-state index contributed by atoms with van der Waals surface area (Å²) < 4.78 is 41.8. The van der Waals surface area contributed by atoms with E-state index >= 15 is 0 Å². The van der Waals surface area contributed by atoms with Gasteiger partial charge in [0.1, 0.15) is 5.75 Å². The summed E-state index contributed by atoms with van der Waals surface area (Å²) in [5.41, 5.74) is 4.32. The summed E-state index contributed by atoms with van der Waals surface area (Å²) in [6.07, 6.45) is -1.64. The average Bonchev–Trinajstić information content (AvgIpc) is 2.94. The molecule has 3 aromatic rings. The highest BCUT2D eigenvalue weighted by molar-refractivity contribution is 9.10. The Hall–Kier alpha value is -2.15. The van der Waals surface area contributed by atoms with Gasteiger partial charge in [-0.25, -0.2) is 0 Å². The van der Waals surface area contributed by atoms with Crippen molar-refractivity contribution in [2.75, 3.05) is 5.32 Å². The van der Waals surface area contributed by atoms with E-state index < -0.39 is 6.36 Å². The number of aromatic amines is 1. The highest BCUT2D eigenvalue weighted by atomic mass is 79.9. The molecule has 1 atom stereocenters. The summed E-state index contributed by atoms with van der Waals surface area (Å²) in [4.78, 5) is 3.50. The maximum absolute atomic E-state index is 12.3. The van der Waals surface area contributed by atoms with Crippen LogP contribution in [0.5, 0.6) is 5.75 Å². The van der Waals surface area contributed by atoms with Crippen LogP contribution in [0, 0.1) is 0 Å². The number of aryl methyl sites for hydroxylation is 1. The van der Waals surface area contributed by atoms with Crippen LogP contribution in [0.25, 0.3) is 10.9 Å². The fraction of sp³-hybridized carbons (Fsp3) is 0.263. The number of anilines is 1. The van der Waals surface area contributed by atoms with E-state index in [1.165, 1.54) is 23.1 Å². The molecule has 0 saturated heterocycles. The first-order chi connectivity index (χ1) is 12.4. The minimum Gasteiger partial charge on any atom is -0.406 e. The standard InChI is InChI=1S/C19H16BrF3N2O/c20-11-4-9-16-15(10-11)14-2-1-3-17(18(14)25-16)24-12-5-7-13(8-6-12)26-19(21,22)23/h4-10,17,24-25H,1-3H2. The van der Waals surface area contributed by atoms with Gasteiger partial charge in [0.15, 0.2) is 0 Å². The van der Waals surface area contributed by atoms with E-state index in [2.05, 4.69) is 43.1 Å². The largest absolute Gasteiger partial charge is 0.573 e. The predicted molar refractivity (Wildman–Crippen MR) is 98.4 cm³/mol. The van der Waals surface area contributed by atoms with E-state index in [0.29, 0.717) is 0 Å². The summed E-state index contributed by atoms with van der Waals surface area (Å²) in [6.45, 7) is 0. The topological polar surface area (TPSA) is 37.0 Å². The van der Waals surface area contributed by atoms with Crippen molar-refractivity contribution in [3.63, 3.8) is 0 Å². The predicted octanol–water partition coefficient (Wildman–Crippen LogP) is 6.32. The highest BCUT2D eigenvalue weighted by Gasteiger charge is 2.31. The molecule has 0 fully saturated rings. The quantitative estimate of drug-likeness (QED) is 0.516. The number of nitrogens with one attached hydrogen (secondary N) is 2. The van der Waals surface area contributed by atoms with Gasteiger partial charge in [-0.15, -0.1) is 13.2 Å². The molecule has 1 aromatic heterocycles. The molecule has 1 aliphatic rings. The second-order valence-corrected chi connectivity index (χ2v) is 7.28. The average molecular weight is 425 g/mol. The molecule has 1 unspecified atom stereocenters. The molecule has 1 aliphatic carbocycles. The summed E-state index contributed by atoms with van der Waals surface area (Å²) in [5.74, 6) is -0.220. The van der Waals surface area contributed by atoms with Crippen molar-refractivity contribution >= 4 is 32.5 Å². The number of hydrogen-bond acceptors (Lipinski definition) is 2. The van der Waals surface area contributed by atoms with Crippen LogP contribution in [0.4, 0.5) is 18.9 Å². The fourth-order valence-corrected chi connectivity index (χ4v) is 3.89. The third-order valence-corrected chi connectivity index (χ3v) is 5.09. The van der Waals surface area contributed by atoms with Crippen LogP contribution >= 0.6 is 15.9 Å². The monoisotopic (exact) mass is 424 g/mol. The van der Waals surface area contributed by atoms with E-state index in [1.807, 2.05) is 6.07 Å². The van der Waals surface area contributed by atoms with Gasteiger partial charge in [0, 0.05) is 26.8 Å². The zero-order chi connectivity index (χ0) is 18.3. The van der Waals surface area contributed by atoms with E-state index in [4.69, 9.17) is 0 Å². The Kier molecular flexibility index (Phi) is 4.34. The van der Waals surface area contributed by atoms with Gasteiger partial charge in [-0.05, 0) is 67.3 Å². The van der Waals surface area contributed by atoms with Gasteiger partial charge in [-0.2, -0.15) is 0 Å². The molecule has 0 amide bonds. The van der Waals surface area contributed by atoms with E-state index in [9.17, 15) is 13.2 Å². The number of H-pyrrole nitrogens is 1. The Bertz CT molecular complexity index is 934. The molecule has 0 bridgehead atoms. The third kappa shape index (κ3) is 3.53. The van der Waals surface area contributed by atoms with Gasteiger partial charge in [-0.3, -0.25) is 0 Å². The van der Waals surface area contributed by atoms with E-state index in [0.717, 1.165) is 40.6 Å². The lowest BCUT2D eigenvalue weighted by Crippen LogP contribution is -2.18. The zero-order valence-corrected chi connectivity index (χ0v) is 15.2. The van der Waals surface area contributed by atoms with Crippen LogP contribution in [0.1, 0.15) is 30.1 Å². The number of halogens is 4. The molecule has 0 saturated carbocycles. The number of ether oxygens (including phenoxy) is 1. The SMILES string of the molecule is FC(F)(F)Oc1ccc(NC2CCCc3c2[nH]c2ccc(Br)cc32)cc1. The smallest absolute Gasteiger partial charge is 0.406 e. The van der Waals surface area contributed by atoms with E-state index in [-0.39, 0.29) is 11.8 Å². The molecule has 0 radical (unpaired) electrons. The molecule has 7 heteroatoms. The minimum atomic E-state index is -4.67. The highest BCUT2D eigenvalue weighted by Crippen LogP contribution is 2.37. The second kappa shape index (κ2) is 6.54. The van der Waals surface area contributed by atoms with Crippen LogP contribution in [-0.2, 0) is 6.42 Å². The van der Waals surface area contributed by atoms with Crippen LogP contribution in [-0.4, -0.2) is 11.3 Å². The molecule has 2 N–H and O–H groups in total. The Labute approximate surface area is 156 Å². The number of alkyl halides is 3. The number of hydrogen-bond donors (Lipinski definition) is 2. The van der Waals surface area contributed by atoms with Gasteiger partial charge >= 0.3 is 6.36 Å². The lowest BCUT2D eigenvalue weighted by molar-refractivity contribution is -0.274. The Morgan fingerprint density at radius 3 is 2.62 bits per heavy atom. The number of benzene rings is 2. The minimum absolute atomic E-state index is 0.0966. The zero-order valence-electron chi connectivity index (χ0n) is 13.7. The van der Waals surface area contributed by atoms with Crippen molar-refractivity contribution in [2.45, 2.75) is 31.7 Å². The molecule has 3 nitrogen and oxygen atoms in total. The van der Waals surface area contributed by atoms with Crippen LogP contribution < -0.4 is 10.1 Å². The molecular weight excluding hydrogens is 409 g/mol. The lowest BCUT2D eigenvalue weighted by Gasteiger charge is -2.25. The second-order valence-electron chi connectivity index (χ2n) is 6.37. The van der Waals surface area contributed by atoms with Gasteiger partial charge in [0.05, 0.1) is 6.04 Å². The van der Waals surface area contributed by atoms with Crippen molar-refractivity contribution in [1.29, 1.82) is 0 Å². The molecule has 0 spiro atoms. The Morgan fingerprint density at radius 2 is 1.88 bits per heavy atom. The van der Waals surface area contributed by atoms with Gasteiger partial charge in [-0.1, -0.05) is 15.9 Å². The van der Waals surface area contributed by atoms with Crippen molar-refractivity contribution in [2.24, 2.45) is 0 Å². The molecular formula is C19H16BrF3N2O. The molecule has 0 aliphatic heterocycles. The summed E-state index contributed by atoms with van der Waals surface area (Å²) in [6, 6.07) is 12.1. The summed E-state index contributed by atoms with van der Waals surface area (Å²) in [7, 11) is 0. The molecule has 4 rings (SSSR count). The molecule has 2 aromatic carbocycles. The molecule has 26 heavy (non-hydrogen) atoms. The summed E-state index contributed by atoms with van der Waals surface area (Å²) >= 11 is 3.52. The van der Waals surface area contributed by atoms with Gasteiger partial charge in [0.2, 0.25) is 0 Å². The number of fused-ring (bicyclic) bond motifs is 3. The normalized spacial score (nSPS) is 17.2. The third-order valence-electron chi connectivity index (χ3n) is 4.60. The van der Waals surface area contributed by atoms with Gasteiger partial charge < -0.3 is 15.0 Å². The Balaban J connectivity index is 1.58. The van der Waals surface area contributed by atoms with Crippen LogP contribution in [0.15, 0.2) is 46.9 Å². The molecule has 136 valence electrons. The summed E-state index contributed by atoms with van der Waals surface area (Å²) in [5, 5.41) is 4.64. The van der Waals surface area contributed by atoms with Crippen molar-refractivity contribution in [3.05, 3.63) is 58.2 Å². The van der Waals surface area contributed by atoms with Crippen molar-refractivity contribution in [1.82, 2.24) is 4.98 Å². The van der Waals surface area contributed by atoms with Crippen LogP contribution in [0.2, 0.25) is 0 Å². The first-order valence-electron chi connectivity index (χ1n) is 8.31. The van der Waals surface area contributed by atoms with E-state index in [1.54, 1.807) is 12.1 Å². The first kappa shape index (κ1) is 17.3. The molecule has 1 heterocycles. The fourth-order valence-electron chi connectivity index (χ4n) is 3.53. The van der Waals surface area contributed by atoms with Crippen molar-refractivity contribution < 1.29 is 17.9 Å². The van der Waals surface area contributed by atoms with Gasteiger partial charge in [0.25, 0.3) is 0 Å². The number of rotatable bonds is 3. The maximum atomic E-state index is 12.3. The van der Waals surface area contributed by atoms with Crippen molar-refractivity contribution in [3.8, 4) is 5.75 Å². The van der Waals surface area contributed by atoms with Crippen LogP contribution in [0.3, 0.4) is 0 Å². The maximum Gasteiger partial charge on any atom is 0.573 e.